The number of likely N-dealkylation sites (N-methyl/N-ethyl adjacent to an activating group) is 1. The maximum absolute atomic E-state index is 12.4. The van der Waals surface area contributed by atoms with E-state index < -0.39 is 0 Å². The Morgan fingerprint density at radius 1 is 1.03 bits per heavy atom. The molecule has 0 aliphatic rings. The van der Waals surface area contributed by atoms with E-state index >= 15 is 0 Å². The van der Waals surface area contributed by atoms with Crippen molar-refractivity contribution in [2.24, 2.45) is 0 Å². The van der Waals surface area contributed by atoms with Crippen LogP contribution in [0.5, 0.6) is 5.75 Å². The van der Waals surface area contributed by atoms with Gasteiger partial charge in [-0.05, 0) is 61.9 Å². The zero-order valence-corrected chi connectivity index (χ0v) is 17.4. The summed E-state index contributed by atoms with van der Waals surface area (Å²) in [6, 6.07) is 11.9. The van der Waals surface area contributed by atoms with Crippen LogP contribution >= 0.6 is 11.6 Å². The van der Waals surface area contributed by atoms with Crippen LogP contribution in [-0.2, 0) is 14.4 Å². The predicted molar refractivity (Wildman–Crippen MR) is 113 cm³/mol. The molecule has 2 N–H and O–H groups in total. The van der Waals surface area contributed by atoms with E-state index in [2.05, 4.69) is 10.6 Å². The van der Waals surface area contributed by atoms with E-state index in [0.29, 0.717) is 28.7 Å². The Hall–Kier alpha value is -3.06. The molecule has 0 aliphatic carbocycles. The molecule has 0 aromatic heterocycles. The van der Waals surface area contributed by atoms with Crippen molar-refractivity contribution in [1.29, 1.82) is 0 Å². The van der Waals surface area contributed by atoms with Crippen molar-refractivity contribution in [3.8, 4) is 5.75 Å². The standard InChI is InChI=1S/C21H24ClN3O4/c1-4-25(21(28)13-29-19-10-5-16(22)11-14(19)2)12-20(27)24-18-8-6-17(7-9-18)23-15(3)26/h5-11H,4,12-13H2,1-3H3,(H,23,26)(H,24,27). The molecular formula is C21H24ClN3O4. The van der Waals surface area contributed by atoms with Crippen LogP contribution in [0.25, 0.3) is 0 Å². The Labute approximate surface area is 175 Å². The van der Waals surface area contributed by atoms with Gasteiger partial charge in [-0.25, -0.2) is 0 Å². The number of anilines is 2. The van der Waals surface area contributed by atoms with E-state index in [9.17, 15) is 14.4 Å². The zero-order chi connectivity index (χ0) is 21.4. The highest BCUT2D eigenvalue weighted by atomic mass is 35.5. The molecule has 0 saturated heterocycles. The Morgan fingerprint density at radius 3 is 2.21 bits per heavy atom. The Kier molecular flexibility index (Phi) is 8.03. The average molecular weight is 418 g/mol. The van der Waals surface area contributed by atoms with Crippen molar-refractivity contribution >= 4 is 40.7 Å². The second-order valence-corrected chi connectivity index (χ2v) is 6.85. The monoisotopic (exact) mass is 417 g/mol. The topological polar surface area (TPSA) is 87.7 Å². The number of ether oxygens (including phenoxy) is 1. The first-order valence-corrected chi connectivity index (χ1v) is 9.50. The molecule has 29 heavy (non-hydrogen) atoms. The van der Waals surface area contributed by atoms with E-state index in [1.807, 2.05) is 6.92 Å². The van der Waals surface area contributed by atoms with Gasteiger partial charge in [-0.15, -0.1) is 0 Å². The lowest BCUT2D eigenvalue weighted by atomic mass is 10.2. The number of nitrogens with zero attached hydrogens (tertiary/aromatic N) is 1. The summed E-state index contributed by atoms with van der Waals surface area (Å²) in [7, 11) is 0. The zero-order valence-electron chi connectivity index (χ0n) is 16.6. The third-order valence-corrected chi connectivity index (χ3v) is 4.28. The van der Waals surface area contributed by atoms with E-state index in [1.165, 1.54) is 11.8 Å². The molecule has 0 unspecified atom stereocenters. The van der Waals surface area contributed by atoms with Gasteiger partial charge in [-0.1, -0.05) is 11.6 Å². The summed E-state index contributed by atoms with van der Waals surface area (Å²) in [5, 5.41) is 5.98. The normalized spacial score (nSPS) is 10.2. The maximum Gasteiger partial charge on any atom is 0.260 e. The number of amides is 3. The summed E-state index contributed by atoms with van der Waals surface area (Å²) >= 11 is 5.91. The number of halogens is 1. The molecule has 2 aromatic rings. The summed E-state index contributed by atoms with van der Waals surface area (Å²) < 4.78 is 5.57. The van der Waals surface area contributed by atoms with Gasteiger partial charge in [0.05, 0.1) is 6.54 Å². The molecule has 0 radical (unpaired) electrons. The first-order valence-electron chi connectivity index (χ1n) is 9.12. The number of hydrogen-bond acceptors (Lipinski definition) is 4. The predicted octanol–water partition coefficient (Wildman–Crippen LogP) is 3.47. The minimum Gasteiger partial charge on any atom is -0.483 e. The highest BCUT2D eigenvalue weighted by molar-refractivity contribution is 6.30. The van der Waals surface area contributed by atoms with Gasteiger partial charge in [0.1, 0.15) is 5.75 Å². The van der Waals surface area contributed by atoms with Crippen LogP contribution in [0, 0.1) is 6.92 Å². The van der Waals surface area contributed by atoms with Gasteiger partial charge in [-0.3, -0.25) is 14.4 Å². The second-order valence-electron chi connectivity index (χ2n) is 6.41. The Bertz CT molecular complexity index is 884. The van der Waals surface area contributed by atoms with Gasteiger partial charge in [-0.2, -0.15) is 0 Å². The molecule has 0 spiro atoms. The number of hydrogen-bond donors (Lipinski definition) is 2. The molecular weight excluding hydrogens is 394 g/mol. The lowest BCUT2D eigenvalue weighted by Crippen LogP contribution is -2.40. The minimum atomic E-state index is -0.324. The van der Waals surface area contributed by atoms with Crippen LogP contribution in [0.2, 0.25) is 5.02 Å². The quantitative estimate of drug-likeness (QED) is 0.688. The maximum atomic E-state index is 12.4. The summed E-state index contributed by atoms with van der Waals surface area (Å²) in [6.45, 7) is 5.16. The van der Waals surface area contributed by atoms with Crippen LogP contribution < -0.4 is 15.4 Å². The number of aryl methyl sites for hydroxylation is 1. The average Bonchev–Trinajstić information content (AvgIpc) is 2.66. The minimum absolute atomic E-state index is 0.0915. The molecule has 0 bridgehead atoms. The van der Waals surface area contributed by atoms with Gasteiger partial charge in [0.2, 0.25) is 11.8 Å². The molecule has 2 rings (SSSR count). The molecule has 0 heterocycles. The summed E-state index contributed by atoms with van der Waals surface area (Å²) in [4.78, 5) is 37.1. The smallest absolute Gasteiger partial charge is 0.260 e. The van der Waals surface area contributed by atoms with Crippen molar-refractivity contribution in [3.63, 3.8) is 0 Å². The largest absolute Gasteiger partial charge is 0.483 e. The third kappa shape index (κ3) is 7.12. The van der Waals surface area contributed by atoms with Crippen LogP contribution in [0.15, 0.2) is 42.5 Å². The van der Waals surface area contributed by atoms with Crippen LogP contribution in [0.1, 0.15) is 19.4 Å². The first-order chi connectivity index (χ1) is 13.8. The number of carbonyl (C=O) groups is 3. The van der Waals surface area contributed by atoms with Crippen LogP contribution in [0.4, 0.5) is 11.4 Å². The van der Waals surface area contributed by atoms with E-state index in [1.54, 1.807) is 49.4 Å². The molecule has 3 amide bonds. The molecule has 154 valence electrons. The SMILES string of the molecule is CCN(CC(=O)Nc1ccc(NC(C)=O)cc1)C(=O)COc1ccc(Cl)cc1C. The molecule has 7 nitrogen and oxygen atoms in total. The van der Waals surface area contributed by atoms with Gasteiger partial charge < -0.3 is 20.3 Å². The molecule has 2 aromatic carbocycles. The Morgan fingerprint density at radius 2 is 1.66 bits per heavy atom. The number of rotatable bonds is 8. The highest BCUT2D eigenvalue weighted by Gasteiger charge is 2.17. The fourth-order valence-corrected chi connectivity index (χ4v) is 2.82. The van der Waals surface area contributed by atoms with Crippen LogP contribution in [0.3, 0.4) is 0 Å². The lowest BCUT2D eigenvalue weighted by Gasteiger charge is -2.21. The van der Waals surface area contributed by atoms with Gasteiger partial charge >= 0.3 is 0 Å². The Balaban J connectivity index is 1.88. The van der Waals surface area contributed by atoms with Crippen molar-refractivity contribution in [2.75, 3.05) is 30.3 Å². The van der Waals surface area contributed by atoms with Gasteiger partial charge in [0.15, 0.2) is 6.61 Å². The lowest BCUT2D eigenvalue weighted by molar-refractivity contribution is -0.136. The van der Waals surface area contributed by atoms with Gasteiger partial charge in [0.25, 0.3) is 5.91 Å². The summed E-state index contributed by atoms with van der Waals surface area (Å²) in [6.07, 6.45) is 0. The van der Waals surface area contributed by atoms with Crippen molar-refractivity contribution in [1.82, 2.24) is 4.90 Å². The van der Waals surface area contributed by atoms with Gasteiger partial charge in [0, 0.05) is 29.9 Å². The van der Waals surface area contributed by atoms with Crippen LogP contribution in [-0.4, -0.2) is 42.3 Å². The highest BCUT2D eigenvalue weighted by Crippen LogP contribution is 2.21. The van der Waals surface area contributed by atoms with E-state index in [-0.39, 0.29) is 30.9 Å². The number of benzene rings is 2. The molecule has 8 heteroatoms. The summed E-state index contributed by atoms with van der Waals surface area (Å²) in [5.74, 6) is -0.217. The van der Waals surface area contributed by atoms with E-state index in [4.69, 9.17) is 16.3 Å². The molecule has 0 saturated carbocycles. The van der Waals surface area contributed by atoms with Crippen molar-refractivity contribution in [3.05, 3.63) is 53.1 Å². The second kappa shape index (κ2) is 10.5. The van der Waals surface area contributed by atoms with E-state index in [0.717, 1.165) is 5.56 Å². The van der Waals surface area contributed by atoms with Crippen molar-refractivity contribution < 1.29 is 19.1 Å². The fraction of sp³-hybridized carbons (Fsp3) is 0.286. The third-order valence-electron chi connectivity index (χ3n) is 4.05. The fourth-order valence-electron chi connectivity index (χ4n) is 2.60. The number of carbonyl (C=O) groups excluding carboxylic acids is 3. The van der Waals surface area contributed by atoms with Crippen molar-refractivity contribution in [2.45, 2.75) is 20.8 Å². The molecule has 0 fully saturated rings. The molecule has 0 atom stereocenters. The summed E-state index contributed by atoms with van der Waals surface area (Å²) in [5.41, 5.74) is 2.03. The molecule has 0 aliphatic heterocycles. The number of nitrogens with one attached hydrogen (secondary N) is 2. The first kappa shape index (κ1) is 22.2.